The second-order valence-electron chi connectivity index (χ2n) is 6.37. The van der Waals surface area contributed by atoms with Crippen molar-refractivity contribution in [3.8, 4) is 22.8 Å². The van der Waals surface area contributed by atoms with Gasteiger partial charge in [0.2, 0.25) is 0 Å². The summed E-state index contributed by atoms with van der Waals surface area (Å²) < 4.78 is 12.8. The van der Waals surface area contributed by atoms with Gasteiger partial charge in [0, 0.05) is 29.1 Å². The number of hydrogen-bond acceptors (Lipinski definition) is 5. The van der Waals surface area contributed by atoms with Crippen LogP contribution in [0.1, 0.15) is 12.6 Å². The molecular weight excluding hydrogens is 352 g/mol. The summed E-state index contributed by atoms with van der Waals surface area (Å²) in [7, 11) is 1.66. The molecule has 0 amide bonds. The number of aromatic nitrogens is 3. The molecule has 0 radical (unpaired) electrons. The first-order valence-electron chi connectivity index (χ1n) is 9.18. The minimum Gasteiger partial charge on any atom is -0.496 e. The Morgan fingerprint density at radius 2 is 1.82 bits per heavy atom. The monoisotopic (exact) mass is 374 g/mol. The van der Waals surface area contributed by atoms with Gasteiger partial charge in [0.1, 0.15) is 17.3 Å². The highest BCUT2D eigenvalue weighted by atomic mass is 16.5. The van der Waals surface area contributed by atoms with E-state index in [-0.39, 0.29) is 0 Å². The predicted octanol–water partition coefficient (Wildman–Crippen LogP) is 4.86. The predicted molar refractivity (Wildman–Crippen MR) is 111 cm³/mol. The van der Waals surface area contributed by atoms with Gasteiger partial charge >= 0.3 is 0 Å². The average Bonchev–Trinajstić information content (AvgIpc) is 3.13. The first-order chi connectivity index (χ1) is 13.7. The fourth-order valence-electron chi connectivity index (χ4n) is 3.13. The molecule has 4 aromatic rings. The van der Waals surface area contributed by atoms with E-state index in [1.165, 1.54) is 0 Å². The third-order valence-corrected chi connectivity index (χ3v) is 4.38. The van der Waals surface area contributed by atoms with E-state index in [1.54, 1.807) is 7.11 Å². The molecule has 28 heavy (non-hydrogen) atoms. The zero-order chi connectivity index (χ0) is 19.5. The van der Waals surface area contributed by atoms with Gasteiger partial charge < -0.3 is 14.8 Å². The van der Waals surface area contributed by atoms with Crippen LogP contribution in [0.5, 0.6) is 11.5 Å². The number of aryl methyl sites for hydroxylation is 1. The number of benzene rings is 2. The van der Waals surface area contributed by atoms with Gasteiger partial charge in [-0.3, -0.25) is 0 Å². The lowest BCUT2D eigenvalue weighted by Gasteiger charge is -2.10. The van der Waals surface area contributed by atoms with Gasteiger partial charge in [-0.15, -0.1) is 0 Å². The summed E-state index contributed by atoms with van der Waals surface area (Å²) in [6.45, 7) is 4.59. The molecule has 0 fully saturated rings. The molecule has 2 aromatic carbocycles. The minimum absolute atomic E-state index is 0.649. The van der Waals surface area contributed by atoms with Crippen LogP contribution in [0.2, 0.25) is 0 Å². The molecular formula is C22H22N4O2. The third kappa shape index (κ3) is 3.49. The minimum atomic E-state index is 0.649. The molecule has 0 aliphatic heterocycles. The maximum absolute atomic E-state index is 5.51. The van der Waals surface area contributed by atoms with Crippen molar-refractivity contribution in [2.75, 3.05) is 19.0 Å². The van der Waals surface area contributed by atoms with E-state index in [1.807, 2.05) is 79.0 Å². The van der Waals surface area contributed by atoms with E-state index in [2.05, 4.69) is 10.3 Å². The number of nitrogens with zero attached hydrogens (tertiary/aromatic N) is 3. The SMILES string of the molecule is CCOc1ccc(Nc2cc(C)nc3cc(-c4ccccc4OC)nn23)cc1. The number of hydrogen-bond donors (Lipinski definition) is 1. The number of ether oxygens (including phenoxy) is 2. The second kappa shape index (κ2) is 7.60. The average molecular weight is 374 g/mol. The Morgan fingerprint density at radius 3 is 2.57 bits per heavy atom. The standard InChI is InChI=1S/C22H22N4O2/c1-4-28-17-11-9-16(10-12-17)24-21-13-15(2)23-22-14-19(25-26(21)22)18-7-5-6-8-20(18)27-3/h5-14,24H,4H2,1-3H3. The Labute approximate surface area is 163 Å². The molecule has 4 rings (SSSR count). The van der Waals surface area contributed by atoms with Gasteiger partial charge in [-0.25, -0.2) is 4.98 Å². The topological polar surface area (TPSA) is 60.7 Å². The van der Waals surface area contributed by atoms with Crippen molar-refractivity contribution in [1.82, 2.24) is 14.6 Å². The van der Waals surface area contributed by atoms with E-state index in [9.17, 15) is 0 Å². The molecule has 6 heteroatoms. The Bertz CT molecular complexity index is 1100. The molecule has 6 nitrogen and oxygen atoms in total. The van der Waals surface area contributed by atoms with Crippen molar-refractivity contribution in [2.45, 2.75) is 13.8 Å². The van der Waals surface area contributed by atoms with Crippen molar-refractivity contribution >= 4 is 17.2 Å². The van der Waals surface area contributed by atoms with Crippen LogP contribution in [0.3, 0.4) is 0 Å². The molecule has 2 aromatic heterocycles. The summed E-state index contributed by atoms with van der Waals surface area (Å²) in [4.78, 5) is 4.62. The maximum Gasteiger partial charge on any atom is 0.158 e. The molecule has 0 bridgehead atoms. The van der Waals surface area contributed by atoms with Crippen LogP contribution in [0.15, 0.2) is 60.7 Å². The summed E-state index contributed by atoms with van der Waals surface area (Å²) in [6, 6.07) is 19.6. The zero-order valence-corrected chi connectivity index (χ0v) is 16.1. The Kier molecular flexibility index (Phi) is 4.85. The fourth-order valence-corrected chi connectivity index (χ4v) is 3.13. The van der Waals surface area contributed by atoms with E-state index in [4.69, 9.17) is 14.6 Å². The van der Waals surface area contributed by atoms with Gasteiger partial charge in [0.25, 0.3) is 0 Å². The highest BCUT2D eigenvalue weighted by Gasteiger charge is 2.13. The van der Waals surface area contributed by atoms with Crippen LogP contribution in [0.25, 0.3) is 16.9 Å². The van der Waals surface area contributed by atoms with Crippen LogP contribution < -0.4 is 14.8 Å². The van der Waals surface area contributed by atoms with Gasteiger partial charge in [-0.1, -0.05) is 12.1 Å². The quantitative estimate of drug-likeness (QED) is 0.522. The molecule has 0 saturated heterocycles. The van der Waals surface area contributed by atoms with Crippen molar-refractivity contribution in [1.29, 1.82) is 0 Å². The van der Waals surface area contributed by atoms with Crippen molar-refractivity contribution in [2.24, 2.45) is 0 Å². The summed E-state index contributed by atoms with van der Waals surface area (Å²) in [5, 5.41) is 8.19. The summed E-state index contributed by atoms with van der Waals surface area (Å²) >= 11 is 0. The van der Waals surface area contributed by atoms with Gasteiger partial charge in [0.05, 0.1) is 19.4 Å². The summed E-state index contributed by atoms with van der Waals surface area (Å²) in [5.74, 6) is 2.47. The lowest BCUT2D eigenvalue weighted by molar-refractivity contribution is 0.340. The van der Waals surface area contributed by atoms with Crippen LogP contribution in [0, 0.1) is 6.92 Å². The highest BCUT2D eigenvalue weighted by Crippen LogP contribution is 2.30. The second-order valence-corrected chi connectivity index (χ2v) is 6.37. The van der Waals surface area contributed by atoms with Gasteiger partial charge in [0.15, 0.2) is 5.65 Å². The normalized spacial score (nSPS) is 10.8. The summed E-state index contributed by atoms with van der Waals surface area (Å²) in [6.07, 6.45) is 0. The number of fused-ring (bicyclic) bond motifs is 1. The van der Waals surface area contributed by atoms with Gasteiger partial charge in [-0.05, 0) is 50.2 Å². The molecule has 0 aliphatic rings. The molecule has 2 heterocycles. The summed E-state index contributed by atoms with van der Waals surface area (Å²) in [5.41, 5.74) is 4.37. The molecule has 0 unspecified atom stereocenters. The fraction of sp³-hybridized carbons (Fsp3) is 0.182. The van der Waals surface area contributed by atoms with Crippen molar-refractivity contribution in [3.63, 3.8) is 0 Å². The Morgan fingerprint density at radius 1 is 1.04 bits per heavy atom. The van der Waals surface area contributed by atoms with Crippen LogP contribution in [-0.4, -0.2) is 28.3 Å². The van der Waals surface area contributed by atoms with E-state index in [0.29, 0.717) is 6.61 Å². The van der Waals surface area contributed by atoms with Crippen molar-refractivity contribution in [3.05, 3.63) is 66.4 Å². The Balaban J connectivity index is 1.73. The van der Waals surface area contributed by atoms with Gasteiger partial charge in [-0.2, -0.15) is 9.61 Å². The van der Waals surface area contributed by atoms with Crippen LogP contribution in [-0.2, 0) is 0 Å². The first-order valence-corrected chi connectivity index (χ1v) is 9.18. The third-order valence-electron chi connectivity index (χ3n) is 4.38. The van der Waals surface area contributed by atoms with E-state index >= 15 is 0 Å². The molecule has 1 N–H and O–H groups in total. The lowest BCUT2D eigenvalue weighted by Crippen LogP contribution is -2.02. The van der Waals surface area contributed by atoms with E-state index in [0.717, 1.165) is 45.6 Å². The lowest BCUT2D eigenvalue weighted by atomic mass is 10.1. The number of anilines is 2. The molecule has 0 aliphatic carbocycles. The van der Waals surface area contributed by atoms with Crippen LogP contribution >= 0.6 is 0 Å². The smallest absolute Gasteiger partial charge is 0.158 e. The maximum atomic E-state index is 5.51. The Hall–Kier alpha value is -3.54. The largest absolute Gasteiger partial charge is 0.496 e. The highest BCUT2D eigenvalue weighted by molar-refractivity contribution is 5.72. The molecule has 0 spiro atoms. The van der Waals surface area contributed by atoms with E-state index < -0.39 is 0 Å². The van der Waals surface area contributed by atoms with Crippen LogP contribution in [0.4, 0.5) is 11.5 Å². The zero-order valence-electron chi connectivity index (χ0n) is 16.1. The number of methoxy groups -OCH3 is 1. The first kappa shape index (κ1) is 17.9. The van der Waals surface area contributed by atoms with Crippen molar-refractivity contribution < 1.29 is 9.47 Å². The molecule has 0 atom stereocenters. The number of nitrogens with one attached hydrogen (secondary N) is 1. The number of para-hydroxylation sites is 1. The molecule has 0 saturated carbocycles. The number of rotatable bonds is 6. The molecule has 142 valence electrons.